The lowest BCUT2D eigenvalue weighted by atomic mass is 9.97. The molecule has 6 nitrogen and oxygen atoms in total. The molecule has 3 atom stereocenters. The van der Waals surface area contributed by atoms with E-state index < -0.39 is 24.2 Å². The number of rotatable bonds is 7. The monoisotopic (exact) mass is 504 g/mol. The zero-order valence-corrected chi connectivity index (χ0v) is 20.5. The Kier molecular flexibility index (Phi) is 6.74. The first kappa shape index (κ1) is 23.4. The van der Waals surface area contributed by atoms with Crippen LogP contribution in [0.2, 0.25) is 0 Å². The highest BCUT2D eigenvalue weighted by Gasteiger charge is 2.56. The molecule has 1 N–H and O–H groups in total. The van der Waals surface area contributed by atoms with E-state index in [2.05, 4.69) is 11.9 Å². The second kappa shape index (κ2) is 10.1. The molecular formula is C27H24N2O4S2. The lowest BCUT2D eigenvalue weighted by molar-refractivity contribution is -0.165. The van der Waals surface area contributed by atoms with Gasteiger partial charge in [0.25, 0.3) is 0 Å². The number of nitrogens with one attached hydrogen (secondary N) is 1. The van der Waals surface area contributed by atoms with Gasteiger partial charge in [0.15, 0.2) is 12.1 Å². The second-order valence-electron chi connectivity index (χ2n) is 8.45. The first-order chi connectivity index (χ1) is 17.0. The van der Waals surface area contributed by atoms with E-state index in [0.717, 1.165) is 16.0 Å². The van der Waals surface area contributed by atoms with Crippen molar-refractivity contribution in [3.63, 3.8) is 0 Å². The lowest BCUT2D eigenvalue weighted by Gasteiger charge is -2.52. The van der Waals surface area contributed by atoms with Crippen molar-refractivity contribution in [3.8, 4) is 0 Å². The molecule has 1 aromatic heterocycles. The number of hydrogen-bond acceptors (Lipinski definition) is 6. The van der Waals surface area contributed by atoms with Crippen molar-refractivity contribution in [2.24, 2.45) is 0 Å². The molecule has 2 aliphatic rings. The SMILES string of the molecule is C=C1CS[C@H]2[C@H](NC(=O)Cc3cccs3)C(=O)N2[C@H]1C(=O)OC(c1ccccc1)c1ccccc1. The average Bonchev–Trinajstić information content (AvgIpc) is 3.39. The van der Waals surface area contributed by atoms with E-state index in [9.17, 15) is 14.4 Å². The van der Waals surface area contributed by atoms with Crippen molar-refractivity contribution in [1.29, 1.82) is 0 Å². The molecule has 0 radical (unpaired) electrons. The minimum absolute atomic E-state index is 0.206. The van der Waals surface area contributed by atoms with Crippen molar-refractivity contribution in [1.82, 2.24) is 10.2 Å². The van der Waals surface area contributed by atoms with Crippen molar-refractivity contribution in [2.45, 2.75) is 30.0 Å². The normalized spacial score (nSPS) is 21.3. The number of thioether (sulfide) groups is 1. The van der Waals surface area contributed by atoms with Crippen molar-refractivity contribution in [2.75, 3.05) is 5.75 Å². The summed E-state index contributed by atoms with van der Waals surface area (Å²) in [4.78, 5) is 41.5. The summed E-state index contributed by atoms with van der Waals surface area (Å²) in [5.41, 5.74) is 2.30. The van der Waals surface area contributed by atoms with E-state index in [1.54, 1.807) is 0 Å². The fourth-order valence-corrected chi connectivity index (χ4v) is 6.39. The molecule has 5 rings (SSSR count). The van der Waals surface area contributed by atoms with E-state index in [0.29, 0.717) is 11.3 Å². The van der Waals surface area contributed by atoms with Crippen LogP contribution in [-0.2, 0) is 25.5 Å². The fraction of sp³-hybridized carbons (Fsp3) is 0.222. The third-order valence-electron chi connectivity index (χ3n) is 6.08. The van der Waals surface area contributed by atoms with Gasteiger partial charge in [0.05, 0.1) is 6.42 Å². The van der Waals surface area contributed by atoms with Gasteiger partial charge >= 0.3 is 5.97 Å². The fourth-order valence-electron chi connectivity index (χ4n) is 4.38. The van der Waals surface area contributed by atoms with Crippen molar-refractivity contribution >= 4 is 40.9 Å². The topological polar surface area (TPSA) is 75.7 Å². The van der Waals surface area contributed by atoms with Crippen LogP contribution >= 0.6 is 23.1 Å². The third-order valence-corrected chi connectivity index (χ3v) is 8.33. The number of benzene rings is 2. The minimum Gasteiger partial charge on any atom is -0.451 e. The van der Waals surface area contributed by atoms with Crippen molar-refractivity contribution in [3.05, 3.63) is 106 Å². The molecule has 2 amide bonds. The van der Waals surface area contributed by atoms with Gasteiger partial charge in [-0.15, -0.1) is 23.1 Å². The largest absolute Gasteiger partial charge is 0.451 e. The molecule has 0 bridgehead atoms. The number of fused-ring (bicyclic) bond motifs is 1. The van der Waals surface area contributed by atoms with Crippen LogP contribution in [0, 0.1) is 0 Å². The molecule has 0 unspecified atom stereocenters. The van der Waals surface area contributed by atoms with Gasteiger partial charge in [0.2, 0.25) is 11.8 Å². The third kappa shape index (κ3) is 4.76. The smallest absolute Gasteiger partial charge is 0.334 e. The number of thiophene rings is 1. The van der Waals surface area contributed by atoms with Crippen LogP contribution in [0.1, 0.15) is 22.1 Å². The number of carbonyl (C=O) groups excluding carboxylic acids is 3. The number of carbonyl (C=O) groups is 3. The van der Waals surface area contributed by atoms with Crippen molar-refractivity contribution < 1.29 is 19.1 Å². The van der Waals surface area contributed by atoms with Crippen LogP contribution in [0.5, 0.6) is 0 Å². The summed E-state index contributed by atoms with van der Waals surface area (Å²) in [6, 6.07) is 21.3. The maximum Gasteiger partial charge on any atom is 0.334 e. The Bertz CT molecular complexity index is 1190. The van der Waals surface area contributed by atoms with E-state index >= 15 is 0 Å². The Morgan fingerprint density at radius 1 is 1.03 bits per heavy atom. The zero-order valence-electron chi connectivity index (χ0n) is 18.8. The number of nitrogens with zero attached hydrogens (tertiary/aromatic N) is 1. The predicted molar refractivity (Wildman–Crippen MR) is 137 cm³/mol. The molecule has 0 aliphatic carbocycles. The highest BCUT2D eigenvalue weighted by atomic mass is 32.2. The summed E-state index contributed by atoms with van der Waals surface area (Å²) in [5.74, 6) is -0.509. The minimum atomic E-state index is -0.880. The lowest BCUT2D eigenvalue weighted by Crippen LogP contribution is -2.74. The Balaban J connectivity index is 1.31. The number of β-lactam (4-membered cyclic amide) rings is 1. The Morgan fingerprint density at radius 3 is 2.29 bits per heavy atom. The molecule has 3 heterocycles. The second-order valence-corrected chi connectivity index (χ2v) is 10.6. The molecule has 3 aromatic rings. The predicted octanol–water partition coefficient (Wildman–Crippen LogP) is 3.95. The molecule has 35 heavy (non-hydrogen) atoms. The van der Waals surface area contributed by atoms with Crippen LogP contribution < -0.4 is 5.32 Å². The summed E-state index contributed by atoms with van der Waals surface area (Å²) in [5, 5.41) is 4.43. The summed E-state index contributed by atoms with van der Waals surface area (Å²) in [6.07, 6.45) is -0.379. The maximum atomic E-state index is 13.5. The summed E-state index contributed by atoms with van der Waals surface area (Å²) >= 11 is 3.00. The number of amides is 2. The maximum absolute atomic E-state index is 13.5. The van der Waals surface area contributed by atoms with Gasteiger partial charge in [-0.1, -0.05) is 73.3 Å². The quantitative estimate of drug-likeness (QED) is 0.300. The van der Waals surface area contributed by atoms with E-state index in [1.165, 1.54) is 28.0 Å². The highest BCUT2D eigenvalue weighted by Crippen LogP contribution is 2.41. The van der Waals surface area contributed by atoms with E-state index in [4.69, 9.17) is 4.74 Å². The van der Waals surface area contributed by atoms with Crippen LogP contribution in [0.4, 0.5) is 0 Å². The molecule has 2 saturated heterocycles. The molecule has 8 heteroatoms. The Morgan fingerprint density at radius 2 is 1.69 bits per heavy atom. The highest BCUT2D eigenvalue weighted by molar-refractivity contribution is 8.00. The zero-order chi connectivity index (χ0) is 24.4. The summed E-state index contributed by atoms with van der Waals surface area (Å²) < 4.78 is 6.03. The van der Waals surface area contributed by atoms with Crippen LogP contribution in [0.3, 0.4) is 0 Å². The van der Waals surface area contributed by atoms with Gasteiger partial charge in [-0.25, -0.2) is 4.79 Å². The molecule has 2 fully saturated rings. The van der Waals surface area contributed by atoms with Gasteiger partial charge in [0.1, 0.15) is 11.4 Å². The van der Waals surface area contributed by atoms with Gasteiger partial charge in [-0.05, 0) is 28.1 Å². The van der Waals surface area contributed by atoms with Gasteiger partial charge in [0, 0.05) is 10.6 Å². The molecule has 178 valence electrons. The van der Waals surface area contributed by atoms with E-state index in [1.807, 2.05) is 78.2 Å². The summed E-state index contributed by atoms with van der Waals surface area (Å²) in [6.45, 7) is 4.06. The number of esters is 1. The molecule has 0 saturated carbocycles. The summed E-state index contributed by atoms with van der Waals surface area (Å²) in [7, 11) is 0. The first-order valence-electron chi connectivity index (χ1n) is 11.3. The molecular weight excluding hydrogens is 480 g/mol. The van der Waals surface area contributed by atoms with Gasteiger partial charge in [-0.3, -0.25) is 9.59 Å². The first-order valence-corrected chi connectivity index (χ1v) is 13.2. The molecule has 2 aliphatic heterocycles. The van der Waals surface area contributed by atoms with Crippen LogP contribution in [0.15, 0.2) is 90.3 Å². The Labute approximate surface area is 212 Å². The number of ether oxygens (including phenoxy) is 1. The van der Waals surface area contributed by atoms with Gasteiger partial charge < -0.3 is 15.0 Å². The van der Waals surface area contributed by atoms with Crippen LogP contribution in [0.25, 0.3) is 0 Å². The molecule has 2 aromatic carbocycles. The van der Waals surface area contributed by atoms with Gasteiger partial charge in [-0.2, -0.15) is 0 Å². The van der Waals surface area contributed by atoms with E-state index in [-0.39, 0.29) is 23.6 Å². The standard InChI is InChI=1S/C27H24N2O4S2/c1-17-16-35-26-22(28-21(30)15-20-13-8-14-34-20)25(31)29(26)23(17)27(32)33-24(18-9-4-2-5-10-18)19-11-6-3-7-12-19/h2-14,22-24,26H,1,15-16H2,(H,28,30)/t22-,23-,26+/m1/s1. The average molecular weight is 505 g/mol. The number of hydrogen-bond donors (Lipinski definition) is 1. The Hall–Kier alpha value is -3.36. The van der Waals surface area contributed by atoms with Crippen LogP contribution in [-0.4, -0.2) is 45.9 Å². The molecule has 0 spiro atoms.